The number of rotatable bonds is 5. The molecule has 132 valence electrons. The predicted molar refractivity (Wildman–Crippen MR) is 111 cm³/mol. The van der Waals surface area contributed by atoms with E-state index in [0.29, 0.717) is 6.54 Å². The average Bonchev–Trinajstić information content (AvgIpc) is 3.04. The Balaban J connectivity index is 1.66. The van der Waals surface area contributed by atoms with Gasteiger partial charge in [0.15, 0.2) is 0 Å². The molecule has 27 heavy (non-hydrogen) atoms. The third-order valence-electron chi connectivity index (χ3n) is 4.41. The topological polar surface area (TPSA) is 20.3 Å². The molecule has 0 aliphatic carbocycles. The first-order valence-corrected chi connectivity index (χ1v) is 10.7. The number of benzene rings is 3. The van der Waals surface area contributed by atoms with Crippen LogP contribution in [0.15, 0.2) is 108 Å². The van der Waals surface area contributed by atoms with Gasteiger partial charge in [0.1, 0.15) is 0 Å². The molecule has 0 atom stereocenters. The number of carbonyl (C=O) groups excluding carboxylic acids is 1. The van der Waals surface area contributed by atoms with Gasteiger partial charge in [-0.2, -0.15) is 0 Å². The number of nitrogens with zero attached hydrogens (tertiary/aromatic N) is 1. The maximum atomic E-state index is 13.2. The minimum absolute atomic E-state index is 0.0696. The van der Waals surface area contributed by atoms with E-state index in [9.17, 15) is 4.79 Å². The second-order valence-corrected chi connectivity index (χ2v) is 8.25. The van der Waals surface area contributed by atoms with Crippen molar-refractivity contribution in [2.45, 2.75) is 6.54 Å². The fraction of sp³-hybridized carbons (Fsp3) is 0.0417. The second-order valence-electron chi connectivity index (χ2n) is 6.27. The predicted octanol–water partition coefficient (Wildman–Crippen LogP) is 3.98. The van der Waals surface area contributed by atoms with Crippen LogP contribution in [0.3, 0.4) is 0 Å². The molecule has 2 nitrogen and oxygen atoms in total. The van der Waals surface area contributed by atoms with Crippen molar-refractivity contribution in [3.8, 4) is 0 Å². The Bertz CT molecular complexity index is 979. The maximum absolute atomic E-state index is 13.2. The SMILES string of the molecule is O=C1C(c2ccccc2)=C/C(=C\[Se]c2ccccc2)N1Cc1ccccc1. The zero-order valence-corrected chi connectivity index (χ0v) is 16.5. The number of carbonyl (C=O) groups is 1. The zero-order valence-electron chi connectivity index (χ0n) is 14.8. The summed E-state index contributed by atoms with van der Waals surface area (Å²) in [6, 6.07) is 30.5. The van der Waals surface area contributed by atoms with Gasteiger partial charge in [-0.1, -0.05) is 0 Å². The van der Waals surface area contributed by atoms with Crippen LogP contribution in [0.4, 0.5) is 0 Å². The molecule has 0 N–H and O–H groups in total. The zero-order chi connectivity index (χ0) is 18.5. The average molecular weight is 416 g/mol. The molecule has 1 aliphatic rings. The summed E-state index contributed by atoms with van der Waals surface area (Å²) in [6.45, 7) is 0.587. The van der Waals surface area contributed by atoms with Crippen molar-refractivity contribution in [3.63, 3.8) is 0 Å². The van der Waals surface area contributed by atoms with Gasteiger partial charge in [-0.3, -0.25) is 0 Å². The molecule has 0 radical (unpaired) electrons. The first-order chi connectivity index (χ1) is 13.3. The number of hydrogen-bond donors (Lipinski definition) is 0. The van der Waals surface area contributed by atoms with E-state index < -0.39 is 0 Å². The van der Waals surface area contributed by atoms with Gasteiger partial charge >= 0.3 is 166 Å². The fourth-order valence-electron chi connectivity index (χ4n) is 3.03. The van der Waals surface area contributed by atoms with Crippen molar-refractivity contribution in [3.05, 3.63) is 119 Å². The van der Waals surface area contributed by atoms with Crippen LogP contribution in [-0.2, 0) is 11.3 Å². The Kier molecular flexibility index (Phi) is 5.34. The van der Waals surface area contributed by atoms with Crippen LogP contribution in [0, 0.1) is 0 Å². The summed E-state index contributed by atoms with van der Waals surface area (Å²) in [4.78, 5) is 17.3. The van der Waals surface area contributed by atoms with E-state index in [4.69, 9.17) is 0 Å². The molecule has 4 rings (SSSR count). The Morgan fingerprint density at radius 1 is 0.778 bits per heavy atom. The summed E-state index contributed by atoms with van der Waals surface area (Å²) < 4.78 is 1.30. The van der Waals surface area contributed by atoms with Gasteiger partial charge in [-0.25, -0.2) is 0 Å². The molecule has 0 saturated carbocycles. The second kappa shape index (κ2) is 8.22. The summed E-state index contributed by atoms with van der Waals surface area (Å²) in [5.41, 5.74) is 3.86. The summed E-state index contributed by atoms with van der Waals surface area (Å²) >= 11 is 0.175. The van der Waals surface area contributed by atoms with Gasteiger partial charge in [-0.15, -0.1) is 0 Å². The molecule has 0 aromatic heterocycles. The number of allylic oxidation sites excluding steroid dienone is 1. The van der Waals surface area contributed by atoms with Gasteiger partial charge in [0.25, 0.3) is 0 Å². The molecule has 3 heteroatoms. The molecule has 1 aliphatic heterocycles. The first-order valence-electron chi connectivity index (χ1n) is 8.86. The summed E-state index contributed by atoms with van der Waals surface area (Å²) in [7, 11) is 0. The van der Waals surface area contributed by atoms with Crippen LogP contribution in [0.2, 0.25) is 0 Å². The van der Waals surface area contributed by atoms with E-state index in [2.05, 4.69) is 41.4 Å². The third kappa shape index (κ3) is 4.11. The molecule has 1 heterocycles. The van der Waals surface area contributed by atoms with E-state index in [1.807, 2.05) is 65.6 Å². The molecule has 3 aromatic rings. The van der Waals surface area contributed by atoms with Crippen LogP contribution < -0.4 is 4.46 Å². The standard InChI is InChI=1S/C24H19NOSe/c26-24-23(20-12-6-2-7-13-20)16-21(18-27-22-14-8-3-9-15-22)25(24)17-19-10-4-1-5-11-19/h1-16,18H,17H2/b21-18+. The van der Waals surface area contributed by atoms with Crippen molar-refractivity contribution in [1.82, 2.24) is 4.90 Å². The van der Waals surface area contributed by atoms with Crippen LogP contribution in [0.5, 0.6) is 0 Å². The summed E-state index contributed by atoms with van der Waals surface area (Å²) in [6.07, 6.45) is 2.03. The van der Waals surface area contributed by atoms with Crippen molar-refractivity contribution >= 4 is 30.9 Å². The molecular formula is C24H19NOSe. The monoisotopic (exact) mass is 417 g/mol. The molecule has 1 amide bonds. The Labute approximate surface area is 166 Å². The van der Waals surface area contributed by atoms with Gasteiger partial charge < -0.3 is 0 Å². The van der Waals surface area contributed by atoms with Crippen molar-refractivity contribution in [2.24, 2.45) is 0 Å². The third-order valence-corrected chi connectivity index (χ3v) is 6.30. The van der Waals surface area contributed by atoms with Gasteiger partial charge in [-0.05, 0) is 0 Å². The molecule has 0 bridgehead atoms. The van der Waals surface area contributed by atoms with E-state index in [0.717, 1.165) is 22.4 Å². The number of hydrogen-bond acceptors (Lipinski definition) is 1. The Morgan fingerprint density at radius 3 is 2.04 bits per heavy atom. The fourth-order valence-corrected chi connectivity index (χ4v) is 4.64. The Morgan fingerprint density at radius 2 is 1.37 bits per heavy atom. The molecular weight excluding hydrogens is 397 g/mol. The van der Waals surface area contributed by atoms with Crippen LogP contribution in [-0.4, -0.2) is 25.8 Å². The molecule has 0 saturated heterocycles. The Hall–Kier alpha value is -2.87. The van der Waals surface area contributed by atoms with Gasteiger partial charge in [0.2, 0.25) is 0 Å². The normalized spacial score (nSPS) is 15.3. The van der Waals surface area contributed by atoms with Crippen molar-refractivity contribution in [2.75, 3.05) is 0 Å². The number of amides is 1. The quantitative estimate of drug-likeness (QED) is 0.577. The molecule has 0 fully saturated rings. The van der Waals surface area contributed by atoms with E-state index in [-0.39, 0.29) is 20.9 Å². The van der Waals surface area contributed by atoms with Crippen LogP contribution in [0.25, 0.3) is 5.57 Å². The van der Waals surface area contributed by atoms with Crippen molar-refractivity contribution in [1.29, 1.82) is 0 Å². The molecule has 0 unspecified atom stereocenters. The van der Waals surface area contributed by atoms with Gasteiger partial charge in [0.05, 0.1) is 0 Å². The van der Waals surface area contributed by atoms with E-state index >= 15 is 0 Å². The summed E-state index contributed by atoms with van der Waals surface area (Å²) in [5, 5.41) is 0. The van der Waals surface area contributed by atoms with Gasteiger partial charge in [0, 0.05) is 0 Å². The summed E-state index contributed by atoms with van der Waals surface area (Å²) in [5.74, 6) is 0.0696. The molecule has 0 spiro atoms. The van der Waals surface area contributed by atoms with Crippen LogP contribution >= 0.6 is 0 Å². The van der Waals surface area contributed by atoms with E-state index in [1.165, 1.54) is 4.46 Å². The minimum atomic E-state index is 0.0696. The molecule has 3 aromatic carbocycles. The van der Waals surface area contributed by atoms with Crippen LogP contribution in [0.1, 0.15) is 11.1 Å². The van der Waals surface area contributed by atoms with E-state index in [1.54, 1.807) is 0 Å². The first kappa shape index (κ1) is 17.5. The van der Waals surface area contributed by atoms with Crippen molar-refractivity contribution < 1.29 is 4.79 Å².